The van der Waals surface area contributed by atoms with E-state index in [1.54, 1.807) is 6.07 Å². The van der Waals surface area contributed by atoms with Gasteiger partial charge in [-0.2, -0.15) is 0 Å². The molecule has 1 aromatic carbocycles. The summed E-state index contributed by atoms with van der Waals surface area (Å²) in [6.07, 6.45) is -2.68. The number of aliphatic hydroxyl groups excluding tert-OH is 2. The van der Waals surface area contributed by atoms with Gasteiger partial charge in [0, 0.05) is 23.5 Å². The summed E-state index contributed by atoms with van der Waals surface area (Å²) in [7, 11) is 0. The molecule has 0 bridgehead atoms. The number of carbonyl (C=O) groups excluding carboxylic acids is 1. The lowest BCUT2D eigenvalue weighted by molar-refractivity contribution is -0.119. The molecule has 0 fully saturated rings. The number of benzene rings is 1. The molecule has 94 valence electrons. The van der Waals surface area contributed by atoms with Crippen molar-refractivity contribution in [3.05, 3.63) is 34.1 Å². The van der Waals surface area contributed by atoms with Crippen LogP contribution in [0.1, 0.15) is 18.6 Å². The largest absolute Gasteiger partial charge is 0.388 e. The zero-order chi connectivity index (χ0) is 13.0. The molecule has 0 spiro atoms. The summed E-state index contributed by atoms with van der Waals surface area (Å²) in [4.78, 5) is 10.7. The zero-order valence-electron chi connectivity index (χ0n) is 9.15. The second-order valence-corrected chi connectivity index (χ2v) is 4.44. The van der Waals surface area contributed by atoms with E-state index in [4.69, 9.17) is 0 Å². The topological polar surface area (TPSA) is 69.6 Å². The van der Waals surface area contributed by atoms with E-state index in [1.807, 2.05) is 0 Å². The second-order valence-electron chi connectivity index (χ2n) is 3.58. The first-order valence-electron chi connectivity index (χ1n) is 4.98. The fourth-order valence-electron chi connectivity index (χ4n) is 1.35. The van der Waals surface area contributed by atoms with Gasteiger partial charge in [0.1, 0.15) is 18.0 Å². The third-order valence-corrected chi connectivity index (χ3v) is 2.91. The summed E-state index contributed by atoms with van der Waals surface area (Å²) in [5.74, 6) is -0.947. The number of hydrogen-bond donors (Lipinski definition) is 3. The Balaban J connectivity index is 2.81. The van der Waals surface area contributed by atoms with Crippen LogP contribution in [0.2, 0.25) is 0 Å². The Morgan fingerprint density at radius 1 is 1.53 bits per heavy atom. The Morgan fingerprint density at radius 3 is 2.71 bits per heavy atom. The molecule has 1 rings (SSSR count). The maximum atomic E-state index is 13.5. The van der Waals surface area contributed by atoms with E-state index in [0.29, 0.717) is 4.47 Å². The van der Waals surface area contributed by atoms with Crippen LogP contribution in [0.25, 0.3) is 0 Å². The molecule has 0 saturated heterocycles. The van der Waals surface area contributed by atoms with Gasteiger partial charge in [0.05, 0.1) is 0 Å². The number of hydrogen-bond acceptors (Lipinski definition) is 3. The summed E-state index contributed by atoms with van der Waals surface area (Å²) in [5, 5.41) is 21.8. The highest BCUT2D eigenvalue weighted by Gasteiger charge is 2.23. The highest BCUT2D eigenvalue weighted by atomic mass is 79.9. The lowest BCUT2D eigenvalue weighted by Crippen LogP contribution is -2.34. The first-order chi connectivity index (χ1) is 7.93. The average Bonchev–Trinajstić information content (AvgIpc) is 2.25. The van der Waals surface area contributed by atoms with Gasteiger partial charge in [-0.05, 0) is 12.1 Å². The average molecular weight is 306 g/mol. The fourth-order valence-corrected chi connectivity index (χ4v) is 1.92. The summed E-state index contributed by atoms with van der Waals surface area (Å²) in [6.45, 7) is 1.15. The minimum absolute atomic E-state index is 0.0228. The van der Waals surface area contributed by atoms with Gasteiger partial charge in [-0.15, -0.1) is 0 Å². The number of rotatable bonds is 4. The maximum absolute atomic E-state index is 13.5. The molecule has 0 aliphatic rings. The molecule has 2 unspecified atom stereocenters. The van der Waals surface area contributed by atoms with Crippen LogP contribution in [-0.2, 0) is 4.79 Å². The quantitative estimate of drug-likeness (QED) is 0.781. The van der Waals surface area contributed by atoms with Crippen LogP contribution in [0.3, 0.4) is 0 Å². The van der Waals surface area contributed by atoms with E-state index in [0.717, 1.165) is 0 Å². The summed E-state index contributed by atoms with van der Waals surface area (Å²) < 4.78 is 13.8. The molecule has 4 nitrogen and oxygen atoms in total. The predicted octanol–water partition coefficient (Wildman–Crippen LogP) is 1.12. The molecule has 0 aliphatic heterocycles. The van der Waals surface area contributed by atoms with Crippen LogP contribution in [0.15, 0.2) is 22.7 Å². The lowest BCUT2D eigenvalue weighted by atomic mass is 10.0. The van der Waals surface area contributed by atoms with Crippen molar-refractivity contribution in [2.24, 2.45) is 0 Å². The van der Waals surface area contributed by atoms with Crippen molar-refractivity contribution in [2.75, 3.05) is 6.54 Å². The van der Waals surface area contributed by atoms with Gasteiger partial charge < -0.3 is 15.5 Å². The van der Waals surface area contributed by atoms with E-state index in [9.17, 15) is 19.4 Å². The standard InChI is InChI=1S/C11H13BrFNO3/c1-6(15)14-5-9(16)11(17)10-7(12)3-2-4-8(10)13/h2-4,9,11,16-17H,5H2,1H3,(H,14,15). The minimum atomic E-state index is -1.41. The fraction of sp³-hybridized carbons (Fsp3) is 0.364. The van der Waals surface area contributed by atoms with E-state index in [1.165, 1.54) is 19.1 Å². The van der Waals surface area contributed by atoms with Crippen LogP contribution in [0.4, 0.5) is 4.39 Å². The first-order valence-corrected chi connectivity index (χ1v) is 5.77. The van der Waals surface area contributed by atoms with Gasteiger partial charge >= 0.3 is 0 Å². The number of aliphatic hydroxyl groups is 2. The van der Waals surface area contributed by atoms with Crippen LogP contribution < -0.4 is 5.32 Å². The van der Waals surface area contributed by atoms with Gasteiger partial charge in [-0.3, -0.25) is 4.79 Å². The smallest absolute Gasteiger partial charge is 0.216 e. The van der Waals surface area contributed by atoms with Crippen molar-refractivity contribution in [1.82, 2.24) is 5.32 Å². The molecule has 3 N–H and O–H groups in total. The number of halogens is 2. The summed E-state index contributed by atoms with van der Waals surface area (Å²) in [6, 6.07) is 4.23. The van der Waals surface area contributed by atoms with Gasteiger partial charge in [-0.1, -0.05) is 22.0 Å². The van der Waals surface area contributed by atoms with Gasteiger partial charge in [0.2, 0.25) is 5.91 Å². The first kappa shape index (κ1) is 14.1. The molecule has 6 heteroatoms. The van der Waals surface area contributed by atoms with Crippen LogP contribution in [0.5, 0.6) is 0 Å². The van der Waals surface area contributed by atoms with E-state index in [-0.39, 0.29) is 18.0 Å². The Morgan fingerprint density at radius 2 is 2.18 bits per heavy atom. The van der Waals surface area contributed by atoms with Crippen molar-refractivity contribution in [2.45, 2.75) is 19.1 Å². The van der Waals surface area contributed by atoms with Crippen LogP contribution in [0, 0.1) is 5.82 Å². The third kappa shape index (κ3) is 3.76. The highest BCUT2D eigenvalue weighted by Crippen LogP contribution is 2.28. The van der Waals surface area contributed by atoms with E-state index >= 15 is 0 Å². The van der Waals surface area contributed by atoms with Crippen molar-refractivity contribution in [3.8, 4) is 0 Å². The van der Waals surface area contributed by atoms with E-state index < -0.39 is 18.0 Å². The Bertz CT molecular complexity index is 393. The second kappa shape index (κ2) is 6.09. The number of amides is 1. The Hall–Kier alpha value is -0.980. The SMILES string of the molecule is CC(=O)NCC(O)C(O)c1c(F)cccc1Br. The molecule has 1 aromatic rings. The molecule has 0 radical (unpaired) electrons. The Kier molecular flexibility index (Phi) is 5.04. The van der Waals surface area contributed by atoms with Gasteiger partial charge in [-0.25, -0.2) is 4.39 Å². The van der Waals surface area contributed by atoms with E-state index in [2.05, 4.69) is 21.2 Å². The molecule has 0 aromatic heterocycles. The van der Waals surface area contributed by atoms with Crippen molar-refractivity contribution in [1.29, 1.82) is 0 Å². The molecule has 17 heavy (non-hydrogen) atoms. The molecule has 2 atom stereocenters. The van der Waals surface area contributed by atoms with Gasteiger partial charge in [0.15, 0.2) is 0 Å². The monoisotopic (exact) mass is 305 g/mol. The highest BCUT2D eigenvalue weighted by molar-refractivity contribution is 9.10. The minimum Gasteiger partial charge on any atom is -0.388 e. The zero-order valence-corrected chi connectivity index (χ0v) is 10.7. The van der Waals surface area contributed by atoms with Crippen molar-refractivity contribution in [3.63, 3.8) is 0 Å². The molecule has 1 amide bonds. The summed E-state index contributed by atoms with van der Waals surface area (Å²) in [5.41, 5.74) is -0.0228. The molecule has 0 aliphatic carbocycles. The molecular formula is C11H13BrFNO3. The van der Waals surface area contributed by atoms with Crippen molar-refractivity contribution >= 4 is 21.8 Å². The number of carbonyl (C=O) groups is 1. The lowest BCUT2D eigenvalue weighted by Gasteiger charge is -2.19. The molecule has 0 saturated carbocycles. The number of nitrogens with one attached hydrogen (secondary N) is 1. The predicted molar refractivity (Wildman–Crippen MR) is 63.8 cm³/mol. The third-order valence-electron chi connectivity index (χ3n) is 2.22. The van der Waals surface area contributed by atoms with Gasteiger partial charge in [0.25, 0.3) is 0 Å². The summed E-state index contributed by atoms with van der Waals surface area (Å²) >= 11 is 3.10. The maximum Gasteiger partial charge on any atom is 0.216 e. The van der Waals surface area contributed by atoms with Crippen LogP contribution >= 0.6 is 15.9 Å². The Labute approximate surface area is 107 Å². The molecule has 0 heterocycles. The van der Waals surface area contributed by atoms with Crippen LogP contribution in [-0.4, -0.2) is 28.8 Å². The van der Waals surface area contributed by atoms with Crippen molar-refractivity contribution < 1.29 is 19.4 Å². The normalized spacial score (nSPS) is 14.2. The molecular weight excluding hydrogens is 293 g/mol.